The van der Waals surface area contributed by atoms with Crippen LogP contribution < -0.4 is 9.80 Å². The van der Waals surface area contributed by atoms with Crippen LogP contribution in [0, 0.1) is 13.8 Å². The van der Waals surface area contributed by atoms with E-state index in [0.29, 0.717) is 5.02 Å². The predicted molar refractivity (Wildman–Crippen MR) is 150 cm³/mol. The number of piperazine rings is 1. The highest BCUT2D eigenvalue weighted by Crippen LogP contribution is 2.37. The highest BCUT2D eigenvalue weighted by atomic mass is 35.5. The van der Waals surface area contributed by atoms with Crippen molar-refractivity contribution in [2.45, 2.75) is 13.8 Å². The van der Waals surface area contributed by atoms with Crippen molar-refractivity contribution < 1.29 is 0 Å². The van der Waals surface area contributed by atoms with Gasteiger partial charge in [0.1, 0.15) is 12.1 Å². The maximum Gasteiger partial charge on any atom is 0.150 e. The summed E-state index contributed by atoms with van der Waals surface area (Å²) in [4.78, 5) is 14.5. The molecular weight excluding hydrogens is 466 g/mol. The molecule has 0 unspecified atom stereocenters. The van der Waals surface area contributed by atoms with Crippen LogP contribution in [0.1, 0.15) is 11.1 Å². The Hall–Kier alpha value is -3.83. The van der Waals surface area contributed by atoms with Gasteiger partial charge in [-0.25, -0.2) is 9.97 Å². The number of anilines is 2. The summed E-state index contributed by atoms with van der Waals surface area (Å²) in [7, 11) is 0. The molecule has 0 radical (unpaired) electrons. The zero-order chi connectivity index (χ0) is 24.6. The molecule has 0 amide bonds. The van der Waals surface area contributed by atoms with Gasteiger partial charge in [-0.2, -0.15) is 0 Å². The first-order chi connectivity index (χ1) is 17.6. The Balaban J connectivity index is 1.42. The Kier molecular flexibility index (Phi) is 5.86. The third-order valence-corrected chi connectivity index (χ3v) is 7.25. The number of fused-ring (bicyclic) bond motifs is 1. The van der Waals surface area contributed by atoms with E-state index in [1.807, 2.05) is 24.3 Å². The number of hydrogen-bond acceptors (Lipinski definition) is 4. The molecular formula is C30H28ClN5. The molecule has 2 aromatic heterocycles. The van der Waals surface area contributed by atoms with Crippen molar-refractivity contribution in [1.82, 2.24) is 14.5 Å². The second kappa shape index (κ2) is 9.32. The molecule has 180 valence electrons. The van der Waals surface area contributed by atoms with Gasteiger partial charge in [-0.1, -0.05) is 60.1 Å². The maximum absolute atomic E-state index is 6.35. The highest BCUT2D eigenvalue weighted by Gasteiger charge is 2.24. The van der Waals surface area contributed by atoms with Crippen LogP contribution in [0.3, 0.4) is 0 Å². The van der Waals surface area contributed by atoms with Crippen LogP contribution in [0.2, 0.25) is 5.02 Å². The first-order valence-corrected chi connectivity index (χ1v) is 12.7. The number of benzene rings is 3. The van der Waals surface area contributed by atoms with Crippen LogP contribution in [0.4, 0.5) is 11.5 Å². The van der Waals surface area contributed by atoms with Crippen molar-refractivity contribution >= 4 is 34.1 Å². The van der Waals surface area contributed by atoms with Crippen molar-refractivity contribution in [3.05, 3.63) is 101 Å². The average molecular weight is 494 g/mol. The van der Waals surface area contributed by atoms with Crippen LogP contribution in [0.25, 0.3) is 27.8 Å². The first-order valence-electron chi connectivity index (χ1n) is 12.3. The summed E-state index contributed by atoms with van der Waals surface area (Å²) in [6.07, 6.45) is 3.85. The van der Waals surface area contributed by atoms with E-state index in [1.165, 1.54) is 16.8 Å². The van der Waals surface area contributed by atoms with Crippen LogP contribution in [-0.4, -0.2) is 40.7 Å². The Morgan fingerprint density at radius 3 is 2.33 bits per heavy atom. The minimum absolute atomic E-state index is 0.701. The monoisotopic (exact) mass is 493 g/mol. The van der Waals surface area contributed by atoms with E-state index in [1.54, 1.807) is 6.33 Å². The summed E-state index contributed by atoms with van der Waals surface area (Å²) in [6, 6.07) is 25.1. The Morgan fingerprint density at radius 2 is 1.56 bits per heavy atom. The lowest BCUT2D eigenvalue weighted by molar-refractivity contribution is 0.647. The molecule has 3 aromatic carbocycles. The fourth-order valence-corrected chi connectivity index (χ4v) is 5.35. The van der Waals surface area contributed by atoms with Gasteiger partial charge in [0.15, 0.2) is 5.65 Å². The van der Waals surface area contributed by atoms with Crippen molar-refractivity contribution in [3.63, 3.8) is 0 Å². The summed E-state index contributed by atoms with van der Waals surface area (Å²) in [5.74, 6) is 0.986. The third-order valence-electron chi connectivity index (χ3n) is 7.02. The van der Waals surface area contributed by atoms with Gasteiger partial charge in [0.05, 0.1) is 5.39 Å². The molecule has 5 aromatic rings. The van der Waals surface area contributed by atoms with Crippen molar-refractivity contribution in [1.29, 1.82) is 0 Å². The van der Waals surface area contributed by atoms with E-state index in [9.17, 15) is 0 Å². The highest BCUT2D eigenvalue weighted by molar-refractivity contribution is 6.30. The topological polar surface area (TPSA) is 37.2 Å². The van der Waals surface area contributed by atoms with Crippen LogP contribution in [0.5, 0.6) is 0 Å². The summed E-state index contributed by atoms with van der Waals surface area (Å²) in [5, 5.41) is 1.77. The molecule has 0 aliphatic carbocycles. The lowest BCUT2D eigenvalue weighted by Crippen LogP contribution is -2.47. The number of aromatic nitrogens is 3. The van der Waals surface area contributed by atoms with Gasteiger partial charge in [-0.3, -0.25) is 0 Å². The summed E-state index contributed by atoms with van der Waals surface area (Å²) < 4.78 is 2.13. The molecule has 0 N–H and O–H groups in total. The van der Waals surface area contributed by atoms with E-state index < -0.39 is 0 Å². The lowest BCUT2D eigenvalue weighted by atomic mass is 10.1. The molecule has 6 heteroatoms. The average Bonchev–Trinajstić information content (AvgIpc) is 3.31. The standard InChI is InChI=1S/C30H28ClN5/c1-21-11-12-22(2)27(17-21)34-13-15-35(16-14-34)29-28-26(23-7-4-3-5-8-23)19-36(30(28)33-20-32-29)25-10-6-9-24(31)18-25/h3-12,17-20H,13-16H2,1-2H3. The zero-order valence-electron chi connectivity index (χ0n) is 20.5. The van der Waals surface area contributed by atoms with Gasteiger partial charge < -0.3 is 14.4 Å². The molecule has 1 saturated heterocycles. The van der Waals surface area contributed by atoms with Gasteiger partial charge in [-0.05, 0) is 54.8 Å². The Morgan fingerprint density at radius 1 is 0.778 bits per heavy atom. The van der Waals surface area contributed by atoms with E-state index in [-0.39, 0.29) is 0 Å². The van der Waals surface area contributed by atoms with Gasteiger partial charge in [0.25, 0.3) is 0 Å². The third kappa shape index (κ3) is 4.10. The smallest absolute Gasteiger partial charge is 0.150 e. The summed E-state index contributed by atoms with van der Waals surface area (Å²) in [5.41, 5.74) is 8.09. The molecule has 36 heavy (non-hydrogen) atoms. The van der Waals surface area contributed by atoms with E-state index in [0.717, 1.165) is 59.8 Å². The minimum atomic E-state index is 0.701. The normalized spacial score (nSPS) is 14.0. The van der Waals surface area contributed by atoms with Gasteiger partial charge in [0.2, 0.25) is 0 Å². The molecule has 3 heterocycles. The molecule has 1 aliphatic heterocycles. The molecule has 1 fully saturated rings. The van der Waals surface area contributed by atoms with Gasteiger partial charge >= 0.3 is 0 Å². The fourth-order valence-electron chi connectivity index (χ4n) is 5.16. The molecule has 6 rings (SSSR count). The van der Waals surface area contributed by atoms with Crippen molar-refractivity contribution in [2.24, 2.45) is 0 Å². The van der Waals surface area contributed by atoms with Crippen molar-refractivity contribution in [3.8, 4) is 16.8 Å². The van der Waals surface area contributed by atoms with Gasteiger partial charge in [0, 0.05) is 54.3 Å². The molecule has 0 spiro atoms. The summed E-state index contributed by atoms with van der Waals surface area (Å²) >= 11 is 6.35. The number of aryl methyl sites for hydroxylation is 2. The predicted octanol–water partition coefficient (Wildman–Crippen LogP) is 6.68. The molecule has 5 nitrogen and oxygen atoms in total. The first kappa shape index (κ1) is 22.6. The van der Waals surface area contributed by atoms with E-state index in [2.05, 4.69) is 82.9 Å². The molecule has 0 saturated carbocycles. The molecule has 1 aliphatic rings. The lowest BCUT2D eigenvalue weighted by Gasteiger charge is -2.37. The minimum Gasteiger partial charge on any atom is -0.368 e. The quantitative estimate of drug-likeness (QED) is 0.279. The van der Waals surface area contributed by atoms with E-state index in [4.69, 9.17) is 21.6 Å². The molecule has 0 atom stereocenters. The number of halogens is 1. The Bertz CT molecular complexity index is 1530. The number of nitrogens with zero attached hydrogens (tertiary/aromatic N) is 5. The second-order valence-electron chi connectivity index (χ2n) is 9.42. The Labute approximate surface area is 216 Å². The zero-order valence-corrected chi connectivity index (χ0v) is 21.3. The van der Waals surface area contributed by atoms with Crippen LogP contribution in [0.15, 0.2) is 85.3 Å². The number of hydrogen-bond donors (Lipinski definition) is 0. The SMILES string of the molecule is Cc1ccc(C)c(N2CCN(c3ncnc4c3c(-c3ccccc3)cn4-c3cccc(Cl)c3)CC2)c1. The van der Waals surface area contributed by atoms with Crippen LogP contribution in [-0.2, 0) is 0 Å². The second-order valence-corrected chi connectivity index (χ2v) is 9.86. The largest absolute Gasteiger partial charge is 0.368 e. The molecule has 0 bridgehead atoms. The van der Waals surface area contributed by atoms with E-state index >= 15 is 0 Å². The van der Waals surface area contributed by atoms with Crippen molar-refractivity contribution in [2.75, 3.05) is 36.0 Å². The fraction of sp³-hybridized carbons (Fsp3) is 0.200. The van der Waals surface area contributed by atoms with Crippen LogP contribution >= 0.6 is 11.6 Å². The number of rotatable bonds is 4. The summed E-state index contributed by atoms with van der Waals surface area (Å²) in [6.45, 7) is 8.05. The maximum atomic E-state index is 6.35. The van der Waals surface area contributed by atoms with Gasteiger partial charge in [-0.15, -0.1) is 0 Å².